The normalized spacial score (nSPS) is 13.5. The smallest absolute Gasteiger partial charge is 0.313 e. The van der Waals surface area contributed by atoms with Gasteiger partial charge in [-0.15, -0.1) is 0 Å². The quantitative estimate of drug-likeness (QED) is 0.674. The fraction of sp³-hybridized carbons (Fsp3) is 0.364. The zero-order valence-electron chi connectivity index (χ0n) is 17.3. The van der Waals surface area contributed by atoms with E-state index >= 15 is 0 Å². The van der Waals surface area contributed by atoms with Crippen LogP contribution in [0.25, 0.3) is 0 Å². The minimum absolute atomic E-state index is 0.326. The van der Waals surface area contributed by atoms with E-state index in [4.69, 9.17) is 14.2 Å². The minimum Gasteiger partial charge on any atom is -0.493 e. The van der Waals surface area contributed by atoms with Crippen LogP contribution in [-0.4, -0.2) is 58.9 Å². The number of amides is 2. The van der Waals surface area contributed by atoms with E-state index in [0.717, 1.165) is 24.3 Å². The first-order chi connectivity index (χ1) is 14.6. The Morgan fingerprint density at radius 1 is 1.00 bits per heavy atom. The van der Waals surface area contributed by atoms with E-state index in [-0.39, 0.29) is 0 Å². The fourth-order valence-corrected chi connectivity index (χ4v) is 3.28. The molecular weight excluding hydrogens is 386 g/mol. The fourth-order valence-electron chi connectivity index (χ4n) is 3.28. The van der Waals surface area contributed by atoms with Crippen molar-refractivity contribution in [1.82, 2.24) is 5.32 Å². The predicted molar refractivity (Wildman–Crippen MR) is 114 cm³/mol. The van der Waals surface area contributed by atoms with Crippen LogP contribution in [0, 0.1) is 0 Å². The number of methoxy groups -OCH3 is 2. The number of benzene rings is 2. The molecule has 0 unspecified atom stereocenters. The highest BCUT2D eigenvalue weighted by Crippen LogP contribution is 2.28. The molecule has 0 atom stereocenters. The van der Waals surface area contributed by atoms with Crippen molar-refractivity contribution in [2.45, 2.75) is 6.42 Å². The molecule has 1 fully saturated rings. The van der Waals surface area contributed by atoms with Crippen LogP contribution in [0.2, 0.25) is 0 Å². The number of hydrogen-bond acceptors (Lipinski definition) is 6. The van der Waals surface area contributed by atoms with Crippen LogP contribution in [-0.2, 0) is 20.7 Å². The van der Waals surface area contributed by atoms with Crippen molar-refractivity contribution in [2.24, 2.45) is 0 Å². The molecule has 1 heterocycles. The van der Waals surface area contributed by atoms with Crippen LogP contribution < -0.4 is 25.0 Å². The average Bonchev–Trinajstić information content (AvgIpc) is 2.79. The van der Waals surface area contributed by atoms with Crippen molar-refractivity contribution in [3.05, 3.63) is 48.0 Å². The summed E-state index contributed by atoms with van der Waals surface area (Å²) in [6.07, 6.45) is 0.559. The minimum atomic E-state index is -0.692. The Bertz CT molecular complexity index is 881. The van der Waals surface area contributed by atoms with Gasteiger partial charge in [0.1, 0.15) is 0 Å². The van der Waals surface area contributed by atoms with Crippen molar-refractivity contribution in [2.75, 3.05) is 57.3 Å². The van der Waals surface area contributed by atoms with Gasteiger partial charge >= 0.3 is 11.8 Å². The van der Waals surface area contributed by atoms with Crippen LogP contribution in [0.5, 0.6) is 11.5 Å². The Kier molecular flexibility index (Phi) is 7.51. The molecule has 0 radical (unpaired) electrons. The molecule has 0 bridgehead atoms. The molecule has 2 aromatic rings. The number of nitrogens with one attached hydrogen (secondary N) is 2. The summed E-state index contributed by atoms with van der Waals surface area (Å²) < 4.78 is 15.9. The second kappa shape index (κ2) is 10.5. The van der Waals surface area contributed by atoms with Crippen LogP contribution in [0.3, 0.4) is 0 Å². The highest BCUT2D eigenvalue weighted by Gasteiger charge is 2.18. The lowest BCUT2D eigenvalue weighted by Crippen LogP contribution is -2.38. The molecule has 1 saturated heterocycles. The van der Waals surface area contributed by atoms with E-state index in [1.807, 2.05) is 36.4 Å². The molecule has 0 aromatic heterocycles. The van der Waals surface area contributed by atoms with Crippen molar-refractivity contribution in [3.8, 4) is 11.5 Å². The van der Waals surface area contributed by atoms with Gasteiger partial charge in [-0.2, -0.15) is 0 Å². The summed E-state index contributed by atoms with van der Waals surface area (Å²) in [5.41, 5.74) is 2.46. The second-order valence-corrected chi connectivity index (χ2v) is 6.77. The van der Waals surface area contributed by atoms with Crippen LogP contribution in [0.15, 0.2) is 42.5 Å². The van der Waals surface area contributed by atoms with Crippen molar-refractivity contribution in [1.29, 1.82) is 0 Å². The third-order valence-electron chi connectivity index (χ3n) is 4.86. The summed E-state index contributed by atoms with van der Waals surface area (Å²) >= 11 is 0. The van der Waals surface area contributed by atoms with E-state index in [1.165, 1.54) is 0 Å². The van der Waals surface area contributed by atoms with Gasteiger partial charge in [0.25, 0.3) is 0 Å². The maximum absolute atomic E-state index is 12.4. The van der Waals surface area contributed by atoms with Crippen molar-refractivity contribution < 1.29 is 23.8 Å². The summed E-state index contributed by atoms with van der Waals surface area (Å²) in [5.74, 6) is -0.0994. The Balaban J connectivity index is 1.54. The first kappa shape index (κ1) is 21.4. The summed E-state index contributed by atoms with van der Waals surface area (Å²) in [7, 11) is 3.15. The number of rotatable bonds is 7. The van der Waals surface area contributed by atoms with Crippen LogP contribution in [0.1, 0.15) is 5.56 Å². The molecule has 1 aliphatic heterocycles. The van der Waals surface area contributed by atoms with Gasteiger partial charge < -0.3 is 29.7 Å². The zero-order chi connectivity index (χ0) is 21.3. The topological polar surface area (TPSA) is 89.1 Å². The number of carbonyl (C=O) groups is 2. The second-order valence-electron chi connectivity index (χ2n) is 6.77. The van der Waals surface area contributed by atoms with E-state index in [0.29, 0.717) is 43.4 Å². The lowest BCUT2D eigenvalue weighted by molar-refractivity contribution is -0.136. The highest BCUT2D eigenvalue weighted by molar-refractivity contribution is 6.39. The number of morpholine rings is 1. The molecular formula is C22H27N3O5. The molecule has 8 heteroatoms. The molecule has 0 spiro atoms. The highest BCUT2D eigenvalue weighted by atomic mass is 16.5. The standard InChI is InChI=1S/C22H27N3O5/c1-28-19-8-7-16(15-20(19)29-2)9-10-23-21(26)22(27)24-17-5-3-4-6-18(17)25-11-13-30-14-12-25/h3-8,15H,9-14H2,1-2H3,(H,23,26)(H,24,27). The summed E-state index contributed by atoms with van der Waals surface area (Å²) in [5, 5.41) is 5.38. The SMILES string of the molecule is COc1ccc(CCNC(=O)C(=O)Nc2ccccc2N2CCOCC2)cc1OC. The van der Waals surface area contributed by atoms with E-state index < -0.39 is 11.8 Å². The Morgan fingerprint density at radius 3 is 2.47 bits per heavy atom. The van der Waals surface area contributed by atoms with E-state index in [2.05, 4.69) is 15.5 Å². The van der Waals surface area contributed by atoms with Gasteiger partial charge in [-0.25, -0.2) is 0 Å². The lowest BCUT2D eigenvalue weighted by Gasteiger charge is -2.30. The van der Waals surface area contributed by atoms with Crippen molar-refractivity contribution >= 4 is 23.2 Å². The summed E-state index contributed by atoms with van der Waals surface area (Å²) in [6.45, 7) is 3.08. The lowest BCUT2D eigenvalue weighted by atomic mass is 10.1. The maximum Gasteiger partial charge on any atom is 0.313 e. The number of ether oxygens (including phenoxy) is 3. The molecule has 160 valence electrons. The molecule has 3 rings (SSSR count). The molecule has 2 N–H and O–H groups in total. The summed E-state index contributed by atoms with van der Waals surface area (Å²) in [6, 6.07) is 13.0. The molecule has 30 heavy (non-hydrogen) atoms. The Morgan fingerprint density at radius 2 is 1.73 bits per heavy atom. The molecule has 1 aliphatic rings. The predicted octanol–water partition coefficient (Wildman–Crippen LogP) is 1.84. The largest absolute Gasteiger partial charge is 0.493 e. The number of hydrogen-bond donors (Lipinski definition) is 2. The van der Waals surface area contributed by atoms with Crippen LogP contribution in [0.4, 0.5) is 11.4 Å². The van der Waals surface area contributed by atoms with Gasteiger partial charge in [0.15, 0.2) is 11.5 Å². The first-order valence-corrected chi connectivity index (χ1v) is 9.84. The number of para-hydroxylation sites is 2. The maximum atomic E-state index is 12.4. The van der Waals surface area contributed by atoms with Gasteiger partial charge in [-0.1, -0.05) is 18.2 Å². The molecule has 0 aliphatic carbocycles. The Labute approximate surface area is 176 Å². The number of carbonyl (C=O) groups excluding carboxylic acids is 2. The first-order valence-electron chi connectivity index (χ1n) is 9.84. The van der Waals surface area contributed by atoms with Crippen LogP contribution >= 0.6 is 0 Å². The number of nitrogens with zero attached hydrogens (tertiary/aromatic N) is 1. The molecule has 2 aromatic carbocycles. The molecule has 8 nitrogen and oxygen atoms in total. The Hall–Kier alpha value is -3.26. The zero-order valence-corrected chi connectivity index (χ0v) is 17.3. The van der Waals surface area contributed by atoms with Gasteiger partial charge in [0, 0.05) is 19.6 Å². The monoisotopic (exact) mass is 413 g/mol. The molecule has 2 amide bonds. The third kappa shape index (κ3) is 5.42. The third-order valence-corrected chi connectivity index (χ3v) is 4.86. The van der Waals surface area contributed by atoms with Crippen molar-refractivity contribution in [3.63, 3.8) is 0 Å². The molecule has 0 saturated carbocycles. The summed E-state index contributed by atoms with van der Waals surface area (Å²) in [4.78, 5) is 26.8. The number of anilines is 2. The van der Waals surface area contributed by atoms with E-state index in [1.54, 1.807) is 20.3 Å². The van der Waals surface area contributed by atoms with Gasteiger partial charge in [0.05, 0.1) is 38.8 Å². The van der Waals surface area contributed by atoms with Gasteiger partial charge in [0.2, 0.25) is 0 Å². The average molecular weight is 413 g/mol. The van der Waals surface area contributed by atoms with Gasteiger partial charge in [-0.3, -0.25) is 9.59 Å². The van der Waals surface area contributed by atoms with E-state index in [9.17, 15) is 9.59 Å². The van der Waals surface area contributed by atoms with Gasteiger partial charge in [-0.05, 0) is 36.2 Å².